The zero-order chi connectivity index (χ0) is 15.5. The van der Waals surface area contributed by atoms with Gasteiger partial charge in [-0.1, -0.05) is 36.4 Å². The Balaban J connectivity index is 1.72. The number of carbonyl (C=O) groups excluding carboxylic acids is 1. The largest absolute Gasteiger partial charge is 0.326 e. The molecule has 0 spiro atoms. The van der Waals surface area contributed by atoms with E-state index in [1.807, 2.05) is 32.0 Å². The Bertz CT molecular complexity index is 694. The van der Waals surface area contributed by atoms with Crippen molar-refractivity contribution in [3.63, 3.8) is 0 Å². The third kappa shape index (κ3) is 3.20. The van der Waals surface area contributed by atoms with Gasteiger partial charge in [0.2, 0.25) is 5.91 Å². The number of benzene rings is 2. The highest BCUT2D eigenvalue weighted by Crippen LogP contribution is 2.26. The summed E-state index contributed by atoms with van der Waals surface area (Å²) in [7, 11) is 0. The van der Waals surface area contributed by atoms with Crippen LogP contribution < -0.4 is 10.6 Å². The van der Waals surface area contributed by atoms with Gasteiger partial charge in [0.25, 0.3) is 0 Å². The molecule has 1 heterocycles. The summed E-state index contributed by atoms with van der Waals surface area (Å²) >= 11 is 0. The number of amides is 1. The maximum Gasteiger partial charge on any atom is 0.226 e. The number of anilines is 1. The van der Waals surface area contributed by atoms with Gasteiger partial charge in [-0.3, -0.25) is 4.79 Å². The summed E-state index contributed by atoms with van der Waals surface area (Å²) in [5, 5.41) is 6.51. The molecule has 3 rings (SSSR count). The molecular formula is C19H22N2O. The van der Waals surface area contributed by atoms with E-state index in [0.717, 1.165) is 29.8 Å². The molecule has 2 aromatic rings. The van der Waals surface area contributed by atoms with Crippen molar-refractivity contribution < 1.29 is 4.79 Å². The summed E-state index contributed by atoms with van der Waals surface area (Å²) in [6, 6.07) is 14.6. The SMILES string of the molecule is Cc1ccc(C)c(NC(=O)CC2NCCc3ccccc32)c1. The first-order valence-electron chi connectivity index (χ1n) is 7.82. The monoisotopic (exact) mass is 294 g/mol. The molecule has 1 amide bonds. The Morgan fingerprint density at radius 1 is 1.23 bits per heavy atom. The highest BCUT2D eigenvalue weighted by atomic mass is 16.1. The number of hydrogen-bond acceptors (Lipinski definition) is 2. The van der Waals surface area contributed by atoms with E-state index in [4.69, 9.17) is 0 Å². The van der Waals surface area contributed by atoms with Crippen LogP contribution >= 0.6 is 0 Å². The highest BCUT2D eigenvalue weighted by Gasteiger charge is 2.21. The summed E-state index contributed by atoms with van der Waals surface area (Å²) in [6.45, 7) is 4.98. The van der Waals surface area contributed by atoms with Crippen LogP contribution in [-0.4, -0.2) is 12.5 Å². The minimum absolute atomic E-state index is 0.0582. The van der Waals surface area contributed by atoms with Crippen molar-refractivity contribution in [1.82, 2.24) is 5.32 Å². The number of rotatable bonds is 3. The topological polar surface area (TPSA) is 41.1 Å². The number of aryl methyl sites for hydroxylation is 2. The van der Waals surface area contributed by atoms with Gasteiger partial charge in [-0.2, -0.15) is 0 Å². The van der Waals surface area contributed by atoms with Crippen molar-refractivity contribution in [2.75, 3.05) is 11.9 Å². The van der Waals surface area contributed by atoms with Crippen molar-refractivity contribution in [1.29, 1.82) is 0 Å². The lowest BCUT2D eigenvalue weighted by Crippen LogP contribution is -2.32. The minimum Gasteiger partial charge on any atom is -0.326 e. The second-order valence-corrected chi connectivity index (χ2v) is 6.03. The minimum atomic E-state index is 0.0582. The average Bonchev–Trinajstić information content (AvgIpc) is 2.51. The van der Waals surface area contributed by atoms with Gasteiger partial charge >= 0.3 is 0 Å². The standard InChI is InChI=1S/C19H22N2O/c1-13-7-8-14(2)17(11-13)21-19(22)12-18-16-6-4-3-5-15(16)9-10-20-18/h3-8,11,18,20H,9-10,12H2,1-2H3,(H,21,22). The van der Waals surface area contributed by atoms with E-state index < -0.39 is 0 Å². The van der Waals surface area contributed by atoms with Gasteiger partial charge in [-0.25, -0.2) is 0 Å². The van der Waals surface area contributed by atoms with E-state index in [0.29, 0.717) is 6.42 Å². The maximum atomic E-state index is 12.4. The Kier molecular flexibility index (Phi) is 4.25. The zero-order valence-electron chi connectivity index (χ0n) is 13.1. The van der Waals surface area contributed by atoms with Crippen LogP contribution in [0, 0.1) is 13.8 Å². The fourth-order valence-corrected chi connectivity index (χ4v) is 3.03. The van der Waals surface area contributed by atoms with Gasteiger partial charge in [0.05, 0.1) is 0 Å². The predicted molar refractivity (Wildman–Crippen MR) is 90.1 cm³/mol. The van der Waals surface area contributed by atoms with Crippen LogP contribution in [-0.2, 0) is 11.2 Å². The third-order valence-electron chi connectivity index (χ3n) is 4.27. The molecule has 3 nitrogen and oxygen atoms in total. The van der Waals surface area contributed by atoms with Crippen molar-refractivity contribution >= 4 is 11.6 Å². The molecule has 0 saturated carbocycles. The molecule has 0 aliphatic carbocycles. The molecule has 1 unspecified atom stereocenters. The molecule has 22 heavy (non-hydrogen) atoms. The number of hydrogen-bond donors (Lipinski definition) is 2. The molecule has 0 aromatic heterocycles. The normalized spacial score (nSPS) is 16.9. The first-order valence-corrected chi connectivity index (χ1v) is 7.82. The molecule has 2 aromatic carbocycles. The quantitative estimate of drug-likeness (QED) is 0.909. The fourth-order valence-electron chi connectivity index (χ4n) is 3.03. The lowest BCUT2D eigenvalue weighted by Gasteiger charge is -2.26. The summed E-state index contributed by atoms with van der Waals surface area (Å²) in [5.74, 6) is 0.0582. The van der Waals surface area contributed by atoms with Crippen molar-refractivity contribution in [2.24, 2.45) is 0 Å². The van der Waals surface area contributed by atoms with E-state index in [-0.39, 0.29) is 11.9 Å². The molecule has 0 bridgehead atoms. The van der Waals surface area contributed by atoms with Gasteiger partial charge in [-0.05, 0) is 55.1 Å². The Labute approximate surface area is 131 Å². The smallest absolute Gasteiger partial charge is 0.226 e. The van der Waals surface area contributed by atoms with E-state index in [1.54, 1.807) is 0 Å². The number of nitrogens with one attached hydrogen (secondary N) is 2. The van der Waals surface area contributed by atoms with Crippen LogP contribution in [0.3, 0.4) is 0 Å². The second kappa shape index (κ2) is 6.32. The van der Waals surface area contributed by atoms with Crippen LogP contribution in [0.15, 0.2) is 42.5 Å². The zero-order valence-corrected chi connectivity index (χ0v) is 13.1. The summed E-state index contributed by atoms with van der Waals surface area (Å²) in [5.41, 5.74) is 5.77. The van der Waals surface area contributed by atoms with Gasteiger partial charge in [-0.15, -0.1) is 0 Å². The third-order valence-corrected chi connectivity index (χ3v) is 4.27. The molecular weight excluding hydrogens is 272 g/mol. The van der Waals surface area contributed by atoms with E-state index >= 15 is 0 Å². The van der Waals surface area contributed by atoms with Crippen molar-refractivity contribution in [3.8, 4) is 0 Å². The molecule has 1 aliphatic rings. The lowest BCUT2D eigenvalue weighted by atomic mass is 9.92. The summed E-state index contributed by atoms with van der Waals surface area (Å²) < 4.78 is 0. The Hall–Kier alpha value is -2.13. The van der Waals surface area contributed by atoms with Gasteiger partial charge < -0.3 is 10.6 Å². The molecule has 1 atom stereocenters. The van der Waals surface area contributed by atoms with Gasteiger partial charge in [0.15, 0.2) is 0 Å². The molecule has 1 aliphatic heterocycles. The Morgan fingerprint density at radius 2 is 2.05 bits per heavy atom. The molecule has 0 fully saturated rings. The van der Waals surface area contributed by atoms with Crippen LogP contribution in [0.25, 0.3) is 0 Å². The van der Waals surface area contributed by atoms with E-state index in [1.165, 1.54) is 11.1 Å². The lowest BCUT2D eigenvalue weighted by molar-refractivity contribution is -0.116. The molecule has 0 radical (unpaired) electrons. The fraction of sp³-hybridized carbons (Fsp3) is 0.316. The van der Waals surface area contributed by atoms with Crippen molar-refractivity contribution in [3.05, 3.63) is 64.7 Å². The number of carbonyl (C=O) groups is 1. The van der Waals surface area contributed by atoms with Crippen LogP contribution in [0.5, 0.6) is 0 Å². The van der Waals surface area contributed by atoms with Crippen LogP contribution in [0.4, 0.5) is 5.69 Å². The molecule has 0 saturated heterocycles. The highest BCUT2D eigenvalue weighted by molar-refractivity contribution is 5.92. The molecule has 2 N–H and O–H groups in total. The maximum absolute atomic E-state index is 12.4. The first-order chi connectivity index (χ1) is 10.6. The van der Waals surface area contributed by atoms with Gasteiger partial charge in [0.1, 0.15) is 0 Å². The first kappa shape index (κ1) is 14.8. The second-order valence-electron chi connectivity index (χ2n) is 6.03. The van der Waals surface area contributed by atoms with Crippen LogP contribution in [0.2, 0.25) is 0 Å². The van der Waals surface area contributed by atoms with E-state index in [9.17, 15) is 4.79 Å². The molecule has 3 heteroatoms. The molecule has 114 valence electrons. The van der Waals surface area contributed by atoms with E-state index in [2.05, 4.69) is 34.9 Å². The van der Waals surface area contributed by atoms with Crippen molar-refractivity contribution in [2.45, 2.75) is 32.7 Å². The average molecular weight is 294 g/mol. The predicted octanol–water partition coefficient (Wildman–Crippen LogP) is 3.52. The Morgan fingerprint density at radius 3 is 2.91 bits per heavy atom. The summed E-state index contributed by atoms with van der Waals surface area (Å²) in [4.78, 5) is 12.4. The van der Waals surface area contributed by atoms with Gasteiger partial charge in [0, 0.05) is 18.2 Å². The summed E-state index contributed by atoms with van der Waals surface area (Å²) in [6.07, 6.45) is 1.50. The number of fused-ring (bicyclic) bond motifs is 1. The van der Waals surface area contributed by atoms with Crippen LogP contribution in [0.1, 0.15) is 34.7 Å².